The van der Waals surface area contributed by atoms with Crippen LogP contribution in [0.4, 0.5) is 11.6 Å². The van der Waals surface area contributed by atoms with Crippen molar-refractivity contribution in [3.8, 4) is 11.5 Å². The summed E-state index contributed by atoms with van der Waals surface area (Å²) < 4.78 is 22.5. The van der Waals surface area contributed by atoms with E-state index in [4.69, 9.17) is 58.9 Å². The number of halogens is 4. The predicted octanol–water partition coefficient (Wildman–Crippen LogP) is 4.78. The van der Waals surface area contributed by atoms with Crippen LogP contribution >= 0.6 is 57.4 Å². The number of carbonyl (C=O) groups is 2. The van der Waals surface area contributed by atoms with Gasteiger partial charge in [-0.3, -0.25) is 4.79 Å². The van der Waals surface area contributed by atoms with Gasteiger partial charge in [-0.1, -0.05) is 56.7 Å². The number of hydrogen-bond donors (Lipinski definition) is 1. The summed E-state index contributed by atoms with van der Waals surface area (Å²) in [4.78, 5) is 42.1. The molecule has 43 heavy (non-hydrogen) atoms. The molecule has 0 radical (unpaired) electrons. The normalized spacial score (nSPS) is 19.6. The number of fused-ring (bicyclic) bond motifs is 6. The number of hydrogen-bond acceptors (Lipinski definition) is 12. The zero-order chi connectivity index (χ0) is 31.7. The minimum atomic E-state index is -1.18. The number of nitrogens with zero attached hydrogens (tertiary/aromatic N) is 6. The molecule has 0 amide bonds. The highest BCUT2D eigenvalue weighted by molar-refractivity contribution is 14.1. The van der Waals surface area contributed by atoms with Crippen molar-refractivity contribution < 1.29 is 33.6 Å². The second kappa shape index (κ2) is 16.9. The molecule has 0 aromatic carbocycles. The molecule has 2 unspecified atom stereocenters. The van der Waals surface area contributed by atoms with Gasteiger partial charge in [-0.2, -0.15) is 9.97 Å². The number of anilines is 2. The van der Waals surface area contributed by atoms with Gasteiger partial charge in [0.1, 0.15) is 13.2 Å². The quantitative estimate of drug-likeness (QED) is 0.193. The summed E-state index contributed by atoms with van der Waals surface area (Å²) >= 11 is 19.4. The first kappa shape index (κ1) is 35.5. The Morgan fingerprint density at radius 3 is 1.65 bits per heavy atom. The van der Waals surface area contributed by atoms with E-state index in [0.29, 0.717) is 70.1 Å². The van der Waals surface area contributed by atoms with Gasteiger partial charge in [0.05, 0.1) is 38.5 Å². The molecule has 4 aliphatic heterocycles. The first-order valence-electron chi connectivity index (χ1n) is 13.6. The van der Waals surface area contributed by atoms with E-state index in [1.165, 1.54) is 6.42 Å². The SMILES string of the molecule is CC(C)I.CCC.O=C(Cl)c1nc(Cl)nc2c1OCC1COCCN21.O=C(O)c1nc(Cl)nc2c1OCC1COCCN21. The molecule has 13 nitrogen and oxygen atoms in total. The van der Waals surface area contributed by atoms with Crippen molar-refractivity contribution in [3.05, 3.63) is 22.0 Å². The van der Waals surface area contributed by atoms with E-state index in [1.54, 1.807) is 0 Å². The maximum Gasteiger partial charge on any atom is 0.358 e. The standard InChI is InChI=1S/C10H9Cl2N3O3.C10H10ClN3O4.C3H7I.C3H8/c11-8(16)6-7-9(14-10(12)13-6)15-1-2-17-3-5(15)4-18-7;11-10-12-6(9(15)16)7-8(13-10)14-1-2-17-3-5(14)4-18-7;1-3(2)4;1-3-2/h5H,1-4H2;5H,1-4H2,(H,15,16);3H,1-2H3;3H2,1-2H3. The summed E-state index contributed by atoms with van der Waals surface area (Å²) in [6.07, 6.45) is 1.25. The molecule has 1 N–H and O–H groups in total. The number of carboxylic acids is 1. The monoisotopic (exact) mass is 774 g/mol. The number of aromatic carboxylic acids is 1. The van der Waals surface area contributed by atoms with Crippen LogP contribution in [-0.2, 0) is 9.47 Å². The molecule has 4 aliphatic rings. The fourth-order valence-electron chi connectivity index (χ4n) is 4.26. The van der Waals surface area contributed by atoms with Crippen LogP contribution in [0.15, 0.2) is 0 Å². The maximum atomic E-state index is 11.3. The Hall–Kier alpha value is -1.98. The Balaban J connectivity index is 0.000000194. The third kappa shape index (κ3) is 9.50. The lowest BCUT2D eigenvalue weighted by Gasteiger charge is -2.40. The van der Waals surface area contributed by atoms with Crippen molar-refractivity contribution >= 4 is 80.2 Å². The van der Waals surface area contributed by atoms with E-state index >= 15 is 0 Å². The number of carbonyl (C=O) groups excluding carboxylic acids is 1. The first-order chi connectivity index (χ1) is 20.5. The Morgan fingerprint density at radius 1 is 0.860 bits per heavy atom. The molecule has 2 aromatic rings. The molecule has 0 saturated carbocycles. The lowest BCUT2D eigenvalue weighted by molar-refractivity contribution is 0.0640. The van der Waals surface area contributed by atoms with Crippen molar-refractivity contribution in [2.45, 2.75) is 50.1 Å². The van der Waals surface area contributed by atoms with Crippen LogP contribution in [0.1, 0.15) is 55.1 Å². The highest BCUT2D eigenvalue weighted by atomic mass is 127. The summed E-state index contributed by atoms with van der Waals surface area (Å²) in [6.45, 7) is 12.9. The van der Waals surface area contributed by atoms with Crippen molar-refractivity contribution in [1.29, 1.82) is 0 Å². The highest BCUT2D eigenvalue weighted by Gasteiger charge is 2.36. The molecule has 2 atom stereocenters. The minimum Gasteiger partial charge on any atom is -0.485 e. The van der Waals surface area contributed by atoms with Crippen molar-refractivity contribution in [1.82, 2.24) is 19.9 Å². The van der Waals surface area contributed by atoms with Crippen LogP contribution < -0.4 is 19.3 Å². The molecule has 17 heteroatoms. The Bertz CT molecular complexity index is 1180. The molecule has 0 aliphatic carbocycles. The number of ether oxygens (including phenoxy) is 4. The summed E-state index contributed by atoms with van der Waals surface area (Å²) in [6, 6.07) is 0.120. The van der Waals surface area contributed by atoms with Gasteiger partial charge in [0.2, 0.25) is 10.6 Å². The highest BCUT2D eigenvalue weighted by Crippen LogP contribution is 2.37. The van der Waals surface area contributed by atoms with Crippen LogP contribution in [0.2, 0.25) is 10.6 Å². The fraction of sp³-hybridized carbons (Fsp3) is 0.615. The maximum absolute atomic E-state index is 11.3. The van der Waals surface area contributed by atoms with Crippen molar-refractivity contribution in [3.63, 3.8) is 0 Å². The number of carboxylic acid groups (broad SMARTS) is 1. The Kier molecular flexibility index (Phi) is 14.0. The molecular weight excluding hydrogens is 742 g/mol. The van der Waals surface area contributed by atoms with E-state index < -0.39 is 11.2 Å². The molecule has 6 rings (SSSR count). The molecular formula is C26H34Cl3IN6O7. The Morgan fingerprint density at radius 2 is 1.26 bits per heavy atom. The molecule has 0 spiro atoms. The van der Waals surface area contributed by atoms with Crippen molar-refractivity contribution in [2.75, 3.05) is 62.5 Å². The van der Waals surface area contributed by atoms with Gasteiger partial charge in [0.25, 0.3) is 5.24 Å². The van der Waals surface area contributed by atoms with Gasteiger partial charge in [-0.05, 0) is 34.8 Å². The third-order valence-electron chi connectivity index (χ3n) is 5.87. The summed E-state index contributed by atoms with van der Waals surface area (Å²) in [5, 5.41) is 8.27. The van der Waals surface area contributed by atoms with E-state index in [1.807, 2.05) is 9.80 Å². The largest absolute Gasteiger partial charge is 0.485 e. The molecule has 2 fully saturated rings. The average Bonchev–Trinajstić information content (AvgIpc) is 2.96. The summed E-state index contributed by atoms with van der Waals surface area (Å²) in [7, 11) is 0. The molecule has 6 heterocycles. The van der Waals surface area contributed by atoms with Crippen LogP contribution in [0.3, 0.4) is 0 Å². The number of morpholine rings is 2. The first-order valence-corrected chi connectivity index (χ1v) is 16.0. The molecule has 2 aromatic heterocycles. The van der Waals surface area contributed by atoms with E-state index in [9.17, 15) is 9.59 Å². The smallest absolute Gasteiger partial charge is 0.358 e. The zero-order valence-electron chi connectivity index (χ0n) is 24.2. The topological polar surface area (TPSA) is 149 Å². The van der Waals surface area contributed by atoms with Crippen LogP contribution in [-0.4, -0.2) is 105 Å². The zero-order valence-corrected chi connectivity index (χ0v) is 28.6. The van der Waals surface area contributed by atoms with E-state index in [2.05, 4.69) is 70.2 Å². The predicted molar refractivity (Wildman–Crippen MR) is 171 cm³/mol. The number of alkyl halides is 1. The number of rotatable bonds is 2. The Labute approximate surface area is 278 Å². The van der Waals surface area contributed by atoms with E-state index in [0.717, 1.165) is 3.92 Å². The second-order valence-electron chi connectivity index (χ2n) is 9.75. The van der Waals surface area contributed by atoms with Gasteiger partial charge in [0.15, 0.2) is 34.5 Å². The van der Waals surface area contributed by atoms with Crippen LogP contribution in [0, 0.1) is 0 Å². The lowest BCUT2D eigenvalue weighted by Crippen LogP contribution is -2.51. The second-order valence-corrected chi connectivity index (χ2v) is 13.3. The van der Waals surface area contributed by atoms with Gasteiger partial charge in [0, 0.05) is 17.0 Å². The summed E-state index contributed by atoms with van der Waals surface area (Å²) in [5.41, 5.74) is -0.188. The van der Waals surface area contributed by atoms with E-state index in [-0.39, 0.29) is 39.8 Å². The lowest BCUT2D eigenvalue weighted by atomic mass is 10.2. The third-order valence-corrected chi connectivity index (χ3v) is 6.39. The minimum absolute atomic E-state index is 0.0107. The van der Waals surface area contributed by atoms with Gasteiger partial charge in [-0.15, -0.1) is 0 Å². The van der Waals surface area contributed by atoms with Crippen LogP contribution in [0.5, 0.6) is 11.5 Å². The van der Waals surface area contributed by atoms with Crippen molar-refractivity contribution in [2.24, 2.45) is 0 Å². The average molecular weight is 776 g/mol. The van der Waals surface area contributed by atoms with Crippen LogP contribution in [0.25, 0.3) is 0 Å². The molecule has 238 valence electrons. The summed E-state index contributed by atoms with van der Waals surface area (Å²) in [5.74, 6) is 0.260. The molecule has 0 bridgehead atoms. The molecule has 2 saturated heterocycles. The number of aromatic nitrogens is 4. The van der Waals surface area contributed by atoms with Gasteiger partial charge < -0.3 is 33.9 Å². The van der Waals surface area contributed by atoms with Gasteiger partial charge in [-0.25, -0.2) is 14.8 Å². The van der Waals surface area contributed by atoms with Gasteiger partial charge >= 0.3 is 5.97 Å². The fourth-order valence-corrected chi connectivity index (χ4v) is 4.72.